The number of hydrogen-bond donors (Lipinski definition) is 1. The van der Waals surface area contributed by atoms with Gasteiger partial charge in [-0.1, -0.05) is 18.2 Å². The topological polar surface area (TPSA) is 20.2 Å². The number of aliphatic hydroxyl groups excluding tert-OH is 1. The first-order valence-corrected chi connectivity index (χ1v) is 5.50. The largest absolute Gasteiger partial charge is 0.385 e. The zero-order valence-electron chi connectivity index (χ0n) is 8.24. The summed E-state index contributed by atoms with van der Waals surface area (Å²) in [6, 6.07) is 6.35. The molecule has 1 aromatic rings. The molecule has 0 aliphatic heterocycles. The van der Waals surface area contributed by atoms with Crippen LogP contribution in [0.5, 0.6) is 0 Å². The first kappa shape index (κ1) is 8.49. The third-order valence-corrected chi connectivity index (χ3v) is 3.32. The average molecular weight is 187 g/mol. The van der Waals surface area contributed by atoms with Crippen molar-refractivity contribution in [3.8, 4) is 0 Å². The third kappa shape index (κ3) is 1.36. The number of benzene rings is 1. The molecule has 0 aromatic heterocycles. The predicted molar refractivity (Wildman–Crippen MR) is 55.7 cm³/mol. The molecule has 0 amide bonds. The summed E-state index contributed by atoms with van der Waals surface area (Å²) in [5.74, 6) is 1.54. The van der Waals surface area contributed by atoms with Gasteiger partial charge in [0.05, 0.1) is 0 Å². The molecule has 1 heteroatoms. The lowest BCUT2D eigenvalue weighted by Gasteiger charge is -2.11. The maximum Gasteiger partial charge on any atom is 0.109 e. The minimum absolute atomic E-state index is 0.741. The van der Waals surface area contributed by atoms with E-state index in [0.29, 0.717) is 0 Å². The first-order chi connectivity index (χ1) is 6.90. The second-order valence-electron chi connectivity index (χ2n) is 4.53. The van der Waals surface area contributed by atoms with Gasteiger partial charge in [0.25, 0.3) is 0 Å². The van der Waals surface area contributed by atoms with Gasteiger partial charge in [0.1, 0.15) is 6.61 Å². The van der Waals surface area contributed by atoms with Crippen LogP contribution in [0.4, 0.5) is 0 Å². The summed E-state index contributed by atoms with van der Waals surface area (Å²) in [5, 5.41) is 9.20. The highest BCUT2D eigenvalue weighted by Gasteiger charge is 2.33. The van der Waals surface area contributed by atoms with Crippen molar-refractivity contribution in [2.45, 2.75) is 37.5 Å². The van der Waals surface area contributed by atoms with Gasteiger partial charge in [0.2, 0.25) is 0 Å². The van der Waals surface area contributed by atoms with Crippen molar-refractivity contribution in [1.82, 2.24) is 0 Å². The van der Waals surface area contributed by atoms with Gasteiger partial charge >= 0.3 is 0 Å². The molecule has 14 heavy (non-hydrogen) atoms. The predicted octanol–water partition coefficient (Wildman–Crippen LogP) is 3.32. The quantitative estimate of drug-likeness (QED) is 0.769. The van der Waals surface area contributed by atoms with Gasteiger partial charge in [-0.15, -0.1) is 0 Å². The van der Waals surface area contributed by atoms with Crippen molar-refractivity contribution in [3.05, 3.63) is 41.5 Å². The number of rotatable bonds is 3. The Labute approximate surface area is 84.8 Å². The van der Waals surface area contributed by atoms with E-state index in [1.165, 1.54) is 43.4 Å². The van der Waals surface area contributed by atoms with E-state index < -0.39 is 0 Å². The summed E-state index contributed by atoms with van der Waals surface area (Å²) < 4.78 is 0. The van der Waals surface area contributed by atoms with Gasteiger partial charge in [0, 0.05) is 0 Å². The third-order valence-electron chi connectivity index (χ3n) is 3.32. The summed E-state index contributed by atoms with van der Waals surface area (Å²) in [6.07, 6.45) is 5.30. The monoisotopic (exact) mass is 187 g/mol. The van der Waals surface area contributed by atoms with Crippen molar-refractivity contribution in [3.63, 3.8) is 0 Å². The molecule has 0 unspecified atom stereocenters. The molecule has 2 aliphatic carbocycles. The molecular weight excluding hydrogens is 172 g/mol. The van der Waals surface area contributed by atoms with Crippen LogP contribution in [0.15, 0.2) is 18.2 Å². The fourth-order valence-electron chi connectivity index (χ4n) is 2.31. The van der Waals surface area contributed by atoms with Gasteiger partial charge in [0.15, 0.2) is 0 Å². The van der Waals surface area contributed by atoms with Crippen LogP contribution in [0.2, 0.25) is 0 Å². The Morgan fingerprint density at radius 3 is 2.36 bits per heavy atom. The molecule has 0 saturated heterocycles. The van der Waals surface area contributed by atoms with E-state index in [1.807, 2.05) is 6.07 Å². The zero-order chi connectivity index (χ0) is 9.54. The first-order valence-electron chi connectivity index (χ1n) is 5.50. The molecule has 2 saturated carbocycles. The summed E-state index contributed by atoms with van der Waals surface area (Å²) >= 11 is 0. The van der Waals surface area contributed by atoms with E-state index in [-0.39, 0.29) is 0 Å². The molecule has 1 nitrogen and oxygen atoms in total. The van der Waals surface area contributed by atoms with Gasteiger partial charge in [-0.25, -0.2) is 0 Å². The maximum absolute atomic E-state index is 9.20. The van der Waals surface area contributed by atoms with Crippen LogP contribution in [0.1, 0.15) is 54.2 Å². The van der Waals surface area contributed by atoms with Crippen molar-refractivity contribution < 1.29 is 5.11 Å². The minimum atomic E-state index is 0.741. The van der Waals surface area contributed by atoms with Crippen LogP contribution >= 0.6 is 0 Å². The highest BCUT2D eigenvalue weighted by atomic mass is 16.3. The molecule has 73 valence electrons. The fourth-order valence-corrected chi connectivity index (χ4v) is 2.31. The smallest absolute Gasteiger partial charge is 0.109 e. The Kier molecular flexibility index (Phi) is 1.88. The molecule has 2 aliphatic rings. The molecule has 1 N–H and O–H groups in total. The van der Waals surface area contributed by atoms with Crippen molar-refractivity contribution in [2.75, 3.05) is 0 Å². The molecule has 0 heterocycles. The molecule has 0 bridgehead atoms. The summed E-state index contributed by atoms with van der Waals surface area (Å²) in [5.41, 5.74) is 4.00. The van der Waals surface area contributed by atoms with Crippen LogP contribution in [0.3, 0.4) is 0 Å². The van der Waals surface area contributed by atoms with Crippen LogP contribution < -0.4 is 0 Å². The highest BCUT2D eigenvalue weighted by molar-refractivity contribution is 5.45. The molecule has 0 spiro atoms. The fraction of sp³-hybridized carbons (Fsp3) is 0.462. The molecular formula is C13H15O. The number of hydrogen-bond acceptors (Lipinski definition) is 1. The van der Waals surface area contributed by atoms with Gasteiger partial charge in [-0.05, 0) is 54.2 Å². The van der Waals surface area contributed by atoms with E-state index in [4.69, 9.17) is 0 Å². The maximum atomic E-state index is 9.20. The summed E-state index contributed by atoms with van der Waals surface area (Å²) in [4.78, 5) is 0. The molecule has 1 aromatic carbocycles. The van der Waals surface area contributed by atoms with Crippen LogP contribution in [0, 0.1) is 6.61 Å². The van der Waals surface area contributed by atoms with Gasteiger partial charge < -0.3 is 5.11 Å². The number of aliphatic hydroxyl groups is 1. The Morgan fingerprint density at radius 2 is 1.79 bits per heavy atom. The standard InChI is InChI=1S/C13H15O/c14-8-11-2-1-3-12(9-4-5-9)13(11)10-6-7-10/h1-3,8-10,14H,4-7H2. The normalized spacial score (nSPS) is 21.2. The van der Waals surface area contributed by atoms with E-state index in [0.717, 1.165) is 17.4 Å². The zero-order valence-corrected chi connectivity index (χ0v) is 8.24. The lowest BCUT2D eigenvalue weighted by molar-refractivity contribution is 0.413. The molecule has 3 rings (SSSR count). The second-order valence-corrected chi connectivity index (χ2v) is 4.53. The Balaban J connectivity index is 2.07. The SMILES string of the molecule is O[CH]c1cccc(C2CC2)c1C1CC1. The van der Waals surface area contributed by atoms with Crippen LogP contribution in [0.25, 0.3) is 0 Å². The summed E-state index contributed by atoms with van der Waals surface area (Å²) in [7, 11) is 0. The van der Waals surface area contributed by atoms with E-state index in [1.54, 1.807) is 0 Å². The second kappa shape index (κ2) is 3.09. The van der Waals surface area contributed by atoms with Crippen molar-refractivity contribution in [2.24, 2.45) is 0 Å². The Bertz CT molecular complexity index is 348. The lowest BCUT2D eigenvalue weighted by atomic mass is 9.94. The lowest BCUT2D eigenvalue weighted by Crippen LogP contribution is -1.96. The Hall–Kier alpha value is -0.820. The highest BCUT2D eigenvalue weighted by Crippen LogP contribution is 2.50. The minimum Gasteiger partial charge on any atom is -0.385 e. The van der Waals surface area contributed by atoms with Crippen molar-refractivity contribution >= 4 is 0 Å². The molecule has 1 radical (unpaired) electrons. The van der Waals surface area contributed by atoms with E-state index in [2.05, 4.69) is 12.1 Å². The van der Waals surface area contributed by atoms with Crippen LogP contribution in [-0.4, -0.2) is 5.11 Å². The summed E-state index contributed by atoms with van der Waals surface area (Å²) in [6.45, 7) is 1.28. The molecule has 0 atom stereocenters. The van der Waals surface area contributed by atoms with Crippen LogP contribution in [-0.2, 0) is 0 Å². The van der Waals surface area contributed by atoms with Crippen molar-refractivity contribution in [1.29, 1.82) is 0 Å². The van der Waals surface area contributed by atoms with E-state index >= 15 is 0 Å². The van der Waals surface area contributed by atoms with E-state index in [9.17, 15) is 5.11 Å². The van der Waals surface area contributed by atoms with Gasteiger partial charge in [-0.2, -0.15) is 0 Å². The average Bonchev–Trinajstić information content (AvgIpc) is 3.04. The van der Waals surface area contributed by atoms with Gasteiger partial charge in [-0.3, -0.25) is 0 Å². The Morgan fingerprint density at radius 1 is 1.07 bits per heavy atom. The molecule has 2 fully saturated rings.